The normalized spacial score (nSPS) is 15.5. The summed E-state index contributed by atoms with van der Waals surface area (Å²) in [4.78, 5) is 14.3. The van der Waals surface area contributed by atoms with E-state index in [2.05, 4.69) is 52.1 Å². The number of halogens is 1. The third-order valence-corrected chi connectivity index (χ3v) is 4.83. The number of ether oxygens (including phenoxy) is 1. The first-order valence-electron chi connectivity index (χ1n) is 8.49. The van der Waals surface area contributed by atoms with Gasteiger partial charge in [0, 0.05) is 37.7 Å². The standard InChI is InChI=1S/C18H26BrN3O2/c1-4-14-5-6-17(16(19)11-14)24-12-18(23)21-20-15-7-9-22(10-8-15)13(2)3/h5-6,11,13H,4,7-10,12H2,1-3H3,(H,21,23). The summed E-state index contributed by atoms with van der Waals surface area (Å²) in [5.74, 6) is 0.431. The lowest BCUT2D eigenvalue weighted by Crippen LogP contribution is -2.39. The number of hydrazone groups is 1. The van der Waals surface area contributed by atoms with Gasteiger partial charge < -0.3 is 9.64 Å². The van der Waals surface area contributed by atoms with Crippen molar-refractivity contribution < 1.29 is 9.53 Å². The molecule has 1 saturated heterocycles. The van der Waals surface area contributed by atoms with Crippen molar-refractivity contribution in [2.75, 3.05) is 19.7 Å². The third kappa shape index (κ3) is 5.60. The first kappa shape index (κ1) is 18.9. The smallest absolute Gasteiger partial charge is 0.277 e. The highest BCUT2D eigenvalue weighted by molar-refractivity contribution is 9.10. The molecule has 1 aliphatic heterocycles. The molecular formula is C18H26BrN3O2. The summed E-state index contributed by atoms with van der Waals surface area (Å²) in [5, 5.41) is 4.24. The SMILES string of the molecule is CCc1ccc(OCC(=O)NN=C2CCN(C(C)C)CC2)c(Br)c1. The van der Waals surface area contributed by atoms with E-state index in [1.54, 1.807) is 0 Å². The van der Waals surface area contributed by atoms with E-state index in [-0.39, 0.29) is 12.5 Å². The Kier molecular flexibility index (Phi) is 7.24. The van der Waals surface area contributed by atoms with Crippen LogP contribution in [0.25, 0.3) is 0 Å². The number of amides is 1. The van der Waals surface area contributed by atoms with E-state index in [9.17, 15) is 4.79 Å². The first-order chi connectivity index (χ1) is 11.5. The van der Waals surface area contributed by atoms with Crippen molar-refractivity contribution >= 4 is 27.5 Å². The number of carbonyl (C=O) groups is 1. The van der Waals surface area contributed by atoms with Gasteiger partial charge in [0.1, 0.15) is 5.75 Å². The Morgan fingerprint density at radius 1 is 1.38 bits per heavy atom. The Bertz CT molecular complexity index is 592. The largest absolute Gasteiger partial charge is 0.483 e. The minimum absolute atomic E-state index is 0.0427. The minimum Gasteiger partial charge on any atom is -0.483 e. The Hall–Kier alpha value is -1.40. The highest BCUT2D eigenvalue weighted by Crippen LogP contribution is 2.26. The third-order valence-electron chi connectivity index (χ3n) is 4.21. The second-order valence-corrected chi connectivity index (χ2v) is 7.10. The van der Waals surface area contributed by atoms with Crippen molar-refractivity contribution in [1.82, 2.24) is 10.3 Å². The van der Waals surface area contributed by atoms with Gasteiger partial charge in [-0.2, -0.15) is 5.10 Å². The topological polar surface area (TPSA) is 53.9 Å². The summed E-state index contributed by atoms with van der Waals surface area (Å²) < 4.78 is 6.41. The quantitative estimate of drug-likeness (QED) is 0.751. The maximum absolute atomic E-state index is 11.9. The number of likely N-dealkylation sites (tertiary alicyclic amines) is 1. The molecule has 0 aromatic heterocycles. The van der Waals surface area contributed by atoms with Crippen LogP contribution in [-0.2, 0) is 11.2 Å². The van der Waals surface area contributed by atoms with Gasteiger partial charge in [-0.05, 0) is 53.9 Å². The van der Waals surface area contributed by atoms with Crippen molar-refractivity contribution in [2.24, 2.45) is 5.10 Å². The minimum atomic E-state index is -0.236. The maximum atomic E-state index is 11.9. The monoisotopic (exact) mass is 395 g/mol. The average molecular weight is 396 g/mol. The molecule has 0 radical (unpaired) electrons. The molecule has 1 fully saturated rings. The highest BCUT2D eigenvalue weighted by atomic mass is 79.9. The van der Waals surface area contributed by atoms with Crippen molar-refractivity contribution in [3.8, 4) is 5.75 Å². The van der Waals surface area contributed by atoms with E-state index >= 15 is 0 Å². The summed E-state index contributed by atoms with van der Waals surface area (Å²) in [6, 6.07) is 6.45. The van der Waals surface area contributed by atoms with Gasteiger partial charge in [-0.15, -0.1) is 0 Å². The van der Waals surface area contributed by atoms with Crippen molar-refractivity contribution in [1.29, 1.82) is 0 Å². The molecule has 0 saturated carbocycles. The Morgan fingerprint density at radius 3 is 2.67 bits per heavy atom. The number of piperidine rings is 1. The van der Waals surface area contributed by atoms with Gasteiger partial charge in [0.2, 0.25) is 0 Å². The van der Waals surface area contributed by atoms with Crippen LogP contribution in [0, 0.1) is 0 Å². The number of nitrogens with zero attached hydrogens (tertiary/aromatic N) is 2. The Morgan fingerprint density at radius 2 is 2.08 bits per heavy atom. The number of benzene rings is 1. The van der Waals surface area contributed by atoms with Crippen LogP contribution < -0.4 is 10.2 Å². The molecule has 1 heterocycles. The summed E-state index contributed by atoms with van der Waals surface area (Å²) in [6.45, 7) is 8.46. The maximum Gasteiger partial charge on any atom is 0.277 e. The van der Waals surface area contributed by atoms with Crippen LogP contribution >= 0.6 is 15.9 Å². The van der Waals surface area contributed by atoms with Gasteiger partial charge in [-0.25, -0.2) is 5.43 Å². The lowest BCUT2D eigenvalue weighted by atomic mass is 10.1. The predicted molar refractivity (Wildman–Crippen MR) is 101 cm³/mol. The van der Waals surface area contributed by atoms with E-state index in [0.29, 0.717) is 11.8 Å². The first-order valence-corrected chi connectivity index (χ1v) is 9.28. The second kappa shape index (κ2) is 9.18. The fourth-order valence-corrected chi connectivity index (χ4v) is 3.15. The Balaban J connectivity index is 1.77. The highest BCUT2D eigenvalue weighted by Gasteiger charge is 2.17. The summed E-state index contributed by atoms with van der Waals surface area (Å²) >= 11 is 3.47. The lowest BCUT2D eigenvalue weighted by molar-refractivity contribution is -0.123. The molecule has 1 aromatic carbocycles. The molecule has 0 spiro atoms. The molecule has 0 atom stereocenters. The molecule has 132 valence electrons. The molecular weight excluding hydrogens is 370 g/mol. The van der Waals surface area contributed by atoms with Crippen LogP contribution in [0.2, 0.25) is 0 Å². The molecule has 1 aromatic rings. The fourth-order valence-electron chi connectivity index (χ4n) is 2.61. The number of aryl methyl sites for hydroxylation is 1. The zero-order valence-corrected chi connectivity index (χ0v) is 16.2. The van der Waals surface area contributed by atoms with Crippen LogP contribution in [0.5, 0.6) is 5.75 Å². The van der Waals surface area contributed by atoms with Crippen LogP contribution in [-0.4, -0.2) is 42.3 Å². The van der Waals surface area contributed by atoms with Crippen LogP contribution in [0.1, 0.15) is 39.2 Å². The number of nitrogens with one attached hydrogen (secondary N) is 1. The molecule has 24 heavy (non-hydrogen) atoms. The molecule has 2 rings (SSSR count). The molecule has 1 N–H and O–H groups in total. The molecule has 0 bridgehead atoms. The molecule has 1 aliphatic rings. The Labute approximate surface area is 152 Å². The number of hydrogen-bond acceptors (Lipinski definition) is 4. The van der Waals surface area contributed by atoms with Gasteiger partial charge >= 0.3 is 0 Å². The van der Waals surface area contributed by atoms with Crippen LogP contribution in [0.3, 0.4) is 0 Å². The molecule has 5 nitrogen and oxygen atoms in total. The predicted octanol–water partition coefficient (Wildman–Crippen LogP) is 3.37. The lowest BCUT2D eigenvalue weighted by Gasteiger charge is -2.30. The molecule has 6 heteroatoms. The summed E-state index contributed by atoms with van der Waals surface area (Å²) in [6.07, 6.45) is 2.78. The van der Waals surface area contributed by atoms with Crippen molar-refractivity contribution in [2.45, 2.75) is 46.1 Å². The molecule has 0 unspecified atom stereocenters. The zero-order chi connectivity index (χ0) is 17.5. The van der Waals surface area contributed by atoms with Gasteiger partial charge in [0.25, 0.3) is 5.91 Å². The van der Waals surface area contributed by atoms with Crippen molar-refractivity contribution in [3.63, 3.8) is 0 Å². The van der Waals surface area contributed by atoms with Gasteiger partial charge in [-0.1, -0.05) is 13.0 Å². The second-order valence-electron chi connectivity index (χ2n) is 6.25. The van der Waals surface area contributed by atoms with Crippen LogP contribution in [0.4, 0.5) is 0 Å². The van der Waals surface area contributed by atoms with E-state index < -0.39 is 0 Å². The van der Waals surface area contributed by atoms with Gasteiger partial charge in [0.15, 0.2) is 6.61 Å². The van der Waals surface area contributed by atoms with Gasteiger partial charge in [0.05, 0.1) is 4.47 Å². The van der Waals surface area contributed by atoms with Crippen molar-refractivity contribution in [3.05, 3.63) is 28.2 Å². The van der Waals surface area contributed by atoms with Crippen LogP contribution in [0.15, 0.2) is 27.8 Å². The molecule has 0 aliphatic carbocycles. The number of hydrogen-bond donors (Lipinski definition) is 1. The molecule has 1 amide bonds. The van der Waals surface area contributed by atoms with E-state index in [1.807, 2.05) is 18.2 Å². The zero-order valence-electron chi connectivity index (χ0n) is 14.6. The number of carbonyl (C=O) groups excluding carboxylic acids is 1. The van der Waals surface area contributed by atoms with Gasteiger partial charge in [-0.3, -0.25) is 4.79 Å². The fraction of sp³-hybridized carbons (Fsp3) is 0.556. The van der Waals surface area contributed by atoms with E-state index in [4.69, 9.17) is 4.74 Å². The summed E-state index contributed by atoms with van der Waals surface area (Å²) in [5.41, 5.74) is 4.87. The number of rotatable bonds is 6. The van der Waals surface area contributed by atoms with E-state index in [1.165, 1.54) is 5.56 Å². The van der Waals surface area contributed by atoms with E-state index in [0.717, 1.165) is 42.5 Å². The summed E-state index contributed by atoms with van der Waals surface area (Å²) in [7, 11) is 0. The average Bonchev–Trinajstić information content (AvgIpc) is 2.59.